The number of benzene rings is 3. The number of amides is 2. The summed E-state index contributed by atoms with van der Waals surface area (Å²) < 4.78 is 39.6. The van der Waals surface area contributed by atoms with Gasteiger partial charge in [0.05, 0.1) is 11.6 Å². The summed E-state index contributed by atoms with van der Waals surface area (Å²) in [5.41, 5.74) is 1.37. The quantitative estimate of drug-likeness (QED) is 0.521. The van der Waals surface area contributed by atoms with Crippen molar-refractivity contribution in [2.45, 2.75) is 12.2 Å². The van der Waals surface area contributed by atoms with Gasteiger partial charge in [0.2, 0.25) is 0 Å². The van der Waals surface area contributed by atoms with Crippen molar-refractivity contribution < 1.29 is 18.0 Å². The zero-order chi connectivity index (χ0) is 19.9. The van der Waals surface area contributed by atoms with Crippen molar-refractivity contribution in [3.8, 4) is 0 Å². The fourth-order valence-electron chi connectivity index (χ4n) is 3.37. The molecule has 7 heteroatoms. The van der Waals surface area contributed by atoms with Gasteiger partial charge in [0.1, 0.15) is 0 Å². The van der Waals surface area contributed by atoms with E-state index in [-0.39, 0.29) is 5.69 Å². The lowest BCUT2D eigenvalue weighted by Crippen LogP contribution is -2.43. The lowest BCUT2D eigenvalue weighted by atomic mass is 9.93. The van der Waals surface area contributed by atoms with Crippen molar-refractivity contribution in [3.05, 3.63) is 94.5 Å². The highest BCUT2D eigenvalue weighted by Gasteiger charge is 2.37. The van der Waals surface area contributed by atoms with Crippen molar-refractivity contribution in [1.29, 1.82) is 0 Å². The van der Waals surface area contributed by atoms with E-state index in [2.05, 4.69) is 5.32 Å². The molecule has 2 amide bonds. The SMILES string of the molecule is O=C1Nc2ccc(Cl)cc2C(c2ccccc2)N1c1cccc(C(F)(F)F)c1. The van der Waals surface area contributed by atoms with Gasteiger partial charge in [0.25, 0.3) is 0 Å². The van der Waals surface area contributed by atoms with Crippen LogP contribution in [0.4, 0.5) is 29.3 Å². The first-order valence-corrected chi connectivity index (χ1v) is 8.84. The number of anilines is 2. The van der Waals surface area contributed by atoms with Gasteiger partial charge in [0.15, 0.2) is 0 Å². The van der Waals surface area contributed by atoms with Crippen LogP contribution in [0.1, 0.15) is 22.7 Å². The molecule has 0 fully saturated rings. The predicted octanol–water partition coefficient (Wildman–Crippen LogP) is 6.50. The highest BCUT2D eigenvalue weighted by Crippen LogP contribution is 2.42. The number of carbonyl (C=O) groups excluding carboxylic acids is 1. The van der Waals surface area contributed by atoms with Crippen LogP contribution in [-0.4, -0.2) is 6.03 Å². The van der Waals surface area contributed by atoms with Gasteiger partial charge in [-0.05, 0) is 42.0 Å². The molecule has 1 aliphatic rings. The number of nitrogens with zero attached hydrogens (tertiary/aromatic N) is 1. The Bertz CT molecular complexity index is 1040. The average Bonchev–Trinajstić information content (AvgIpc) is 2.67. The molecule has 3 aromatic rings. The van der Waals surface area contributed by atoms with Crippen molar-refractivity contribution in [2.75, 3.05) is 10.2 Å². The predicted molar refractivity (Wildman–Crippen MR) is 103 cm³/mol. The van der Waals surface area contributed by atoms with Crippen molar-refractivity contribution in [1.82, 2.24) is 0 Å². The molecule has 3 nitrogen and oxygen atoms in total. The van der Waals surface area contributed by atoms with Crippen LogP contribution in [0.3, 0.4) is 0 Å². The molecule has 142 valence electrons. The van der Waals surface area contributed by atoms with E-state index in [0.29, 0.717) is 16.3 Å². The van der Waals surface area contributed by atoms with E-state index < -0.39 is 23.8 Å². The van der Waals surface area contributed by atoms with Gasteiger partial charge in [-0.25, -0.2) is 4.79 Å². The highest BCUT2D eigenvalue weighted by molar-refractivity contribution is 6.30. The first-order valence-electron chi connectivity index (χ1n) is 8.46. The Morgan fingerprint density at radius 2 is 1.68 bits per heavy atom. The number of hydrogen-bond acceptors (Lipinski definition) is 1. The van der Waals surface area contributed by atoms with Gasteiger partial charge < -0.3 is 5.32 Å². The Morgan fingerprint density at radius 3 is 2.39 bits per heavy atom. The Labute approximate surface area is 164 Å². The van der Waals surface area contributed by atoms with Gasteiger partial charge in [0, 0.05) is 22.0 Å². The number of rotatable bonds is 2. The zero-order valence-corrected chi connectivity index (χ0v) is 15.1. The van der Waals surface area contributed by atoms with Crippen LogP contribution in [0.5, 0.6) is 0 Å². The number of alkyl halides is 3. The second-order valence-electron chi connectivity index (χ2n) is 6.39. The van der Waals surface area contributed by atoms with Crippen LogP contribution in [0.15, 0.2) is 72.8 Å². The van der Waals surface area contributed by atoms with Crippen LogP contribution in [0.25, 0.3) is 0 Å². The molecular weight excluding hydrogens is 389 g/mol. The largest absolute Gasteiger partial charge is 0.416 e. The normalized spacial score (nSPS) is 16.5. The number of hydrogen-bond donors (Lipinski definition) is 1. The first-order chi connectivity index (χ1) is 13.3. The van der Waals surface area contributed by atoms with E-state index in [9.17, 15) is 18.0 Å². The zero-order valence-electron chi connectivity index (χ0n) is 14.4. The molecule has 0 bridgehead atoms. The lowest BCUT2D eigenvalue weighted by molar-refractivity contribution is -0.137. The monoisotopic (exact) mass is 402 g/mol. The minimum absolute atomic E-state index is 0.145. The first kappa shape index (κ1) is 18.4. The Kier molecular flexibility index (Phi) is 4.51. The van der Waals surface area contributed by atoms with Gasteiger partial charge in [-0.15, -0.1) is 0 Å². The maximum absolute atomic E-state index is 13.2. The summed E-state index contributed by atoms with van der Waals surface area (Å²) in [4.78, 5) is 14.2. The maximum Gasteiger partial charge on any atom is 0.416 e. The summed E-state index contributed by atoms with van der Waals surface area (Å²) in [5.74, 6) is 0. The molecule has 1 N–H and O–H groups in total. The minimum atomic E-state index is -4.51. The molecule has 0 spiro atoms. The molecule has 0 saturated carbocycles. The Morgan fingerprint density at radius 1 is 0.929 bits per heavy atom. The van der Waals surface area contributed by atoms with Crippen LogP contribution < -0.4 is 10.2 Å². The summed E-state index contributed by atoms with van der Waals surface area (Å²) in [6.07, 6.45) is -4.51. The molecule has 28 heavy (non-hydrogen) atoms. The van der Waals surface area contributed by atoms with E-state index in [1.807, 2.05) is 30.3 Å². The summed E-state index contributed by atoms with van der Waals surface area (Å²) in [6, 6.07) is 17.8. The molecule has 1 atom stereocenters. The van der Waals surface area contributed by atoms with Gasteiger partial charge in [-0.3, -0.25) is 4.90 Å². The third-order valence-corrected chi connectivity index (χ3v) is 4.83. The van der Waals surface area contributed by atoms with Crippen molar-refractivity contribution >= 4 is 29.0 Å². The smallest absolute Gasteiger partial charge is 0.307 e. The molecule has 1 unspecified atom stereocenters. The van der Waals surface area contributed by atoms with Crippen molar-refractivity contribution in [3.63, 3.8) is 0 Å². The highest BCUT2D eigenvalue weighted by atomic mass is 35.5. The van der Waals surface area contributed by atoms with Gasteiger partial charge in [-0.2, -0.15) is 13.2 Å². The molecule has 1 heterocycles. The Hall–Kier alpha value is -2.99. The summed E-state index contributed by atoms with van der Waals surface area (Å²) in [6.45, 7) is 0. The molecular formula is C21H14ClF3N2O. The minimum Gasteiger partial charge on any atom is -0.307 e. The number of carbonyl (C=O) groups is 1. The van der Waals surface area contributed by atoms with E-state index in [4.69, 9.17) is 11.6 Å². The topological polar surface area (TPSA) is 32.3 Å². The number of halogens is 4. The van der Waals surface area contributed by atoms with Crippen LogP contribution in [0.2, 0.25) is 5.02 Å². The van der Waals surface area contributed by atoms with Crippen LogP contribution in [-0.2, 0) is 6.18 Å². The third-order valence-electron chi connectivity index (χ3n) is 4.59. The van der Waals surface area contributed by atoms with Gasteiger partial charge in [-0.1, -0.05) is 48.0 Å². The van der Waals surface area contributed by atoms with Gasteiger partial charge >= 0.3 is 12.2 Å². The standard InChI is InChI=1S/C21H14ClF3N2O/c22-15-9-10-18-17(12-15)19(13-5-2-1-3-6-13)27(20(28)26-18)16-8-4-7-14(11-16)21(23,24)25/h1-12,19H,(H,26,28). The molecule has 0 aromatic heterocycles. The second-order valence-corrected chi connectivity index (χ2v) is 6.83. The molecule has 4 rings (SSSR count). The average molecular weight is 403 g/mol. The molecule has 0 aliphatic carbocycles. The number of fused-ring (bicyclic) bond motifs is 1. The van der Waals surface area contributed by atoms with Crippen molar-refractivity contribution in [2.24, 2.45) is 0 Å². The fourth-order valence-corrected chi connectivity index (χ4v) is 3.55. The van der Waals surface area contributed by atoms with E-state index in [1.54, 1.807) is 18.2 Å². The number of nitrogens with one attached hydrogen (secondary N) is 1. The van der Waals surface area contributed by atoms with E-state index >= 15 is 0 Å². The molecule has 3 aromatic carbocycles. The fraction of sp³-hybridized carbons (Fsp3) is 0.0952. The van der Waals surface area contributed by atoms with Crippen LogP contribution >= 0.6 is 11.6 Å². The third kappa shape index (κ3) is 3.31. The molecule has 0 radical (unpaired) electrons. The summed E-state index contributed by atoms with van der Waals surface area (Å²) >= 11 is 6.16. The molecule has 0 saturated heterocycles. The van der Waals surface area contributed by atoms with E-state index in [0.717, 1.165) is 17.7 Å². The molecule has 1 aliphatic heterocycles. The second kappa shape index (κ2) is 6.87. The van der Waals surface area contributed by atoms with E-state index in [1.165, 1.54) is 17.0 Å². The summed E-state index contributed by atoms with van der Waals surface area (Å²) in [7, 11) is 0. The lowest BCUT2D eigenvalue weighted by Gasteiger charge is -2.38. The maximum atomic E-state index is 13.2. The van der Waals surface area contributed by atoms with Crippen LogP contribution in [0, 0.1) is 0 Å². The summed E-state index contributed by atoms with van der Waals surface area (Å²) in [5, 5.41) is 3.21. The number of urea groups is 1. The Balaban J connectivity index is 1.91.